The van der Waals surface area contributed by atoms with Crippen molar-refractivity contribution in [2.24, 2.45) is 0 Å². The van der Waals surface area contributed by atoms with Crippen LogP contribution in [-0.4, -0.2) is 22.4 Å². The first-order valence-electron chi connectivity index (χ1n) is 10.0. The minimum absolute atomic E-state index is 0.293. The molecule has 0 spiro atoms. The van der Waals surface area contributed by atoms with Crippen LogP contribution in [-0.2, 0) is 4.74 Å². The zero-order valence-corrected chi connectivity index (χ0v) is 17.1. The predicted octanol–water partition coefficient (Wildman–Crippen LogP) is 5.93. The van der Waals surface area contributed by atoms with Gasteiger partial charge in [0.1, 0.15) is 0 Å². The fourth-order valence-electron chi connectivity index (χ4n) is 3.65. The summed E-state index contributed by atoms with van der Waals surface area (Å²) in [4.78, 5) is 12.4. The number of aryl methyl sites for hydroxylation is 1. The van der Waals surface area contributed by atoms with Gasteiger partial charge in [-0.2, -0.15) is 5.10 Å². The fraction of sp³-hybridized carbons (Fsp3) is 0.333. The van der Waals surface area contributed by atoms with Gasteiger partial charge in [-0.05, 0) is 67.5 Å². The highest BCUT2D eigenvalue weighted by molar-refractivity contribution is 5.97. The maximum atomic E-state index is 12.4. The van der Waals surface area contributed by atoms with Crippen LogP contribution in [0.15, 0.2) is 54.7 Å². The van der Waals surface area contributed by atoms with Crippen molar-refractivity contribution in [3.05, 3.63) is 71.5 Å². The van der Waals surface area contributed by atoms with Crippen LogP contribution in [0.3, 0.4) is 0 Å². The van der Waals surface area contributed by atoms with Gasteiger partial charge >= 0.3 is 5.97 Å². The second-order valence-electron chi connectivity index (χ2n) is 6.95. The Hall–Kier alpha value is -2.88. The highest BCUT2D eigenvalue weighted by Crippen LogP contribution is 2.33. The summed E-state index contributed by atoms with van der Waals surface area (Å²) < 4.78 is 7.19. The molecule has 0 amide bonds. The van der Waals surface area contributed by atoms with E-state index in [1.54, 1.807) is 0 Å². The van der Waals surface area contributed by atoms with Crippen molar-refractivity contribution >= 4 is 5.97 Å². The van der Waals surface area contributed by atoms with Crippen LogP contribution in [0.25, 0.3) is 16.8 Å². The predicted molar refractivity (Wildman–Crippen MR) is 113 cm³/mol. The first kappa shape index (κ1) is 19.9. The third-order valence-electron chi connectivity index (χ3n) is 5.16. The summed E-state index contributed by atoms with van der Waals surface area (Å²) in [5.41, 5.74) is 5.78. The Kier molecular flexibility index (Phi) is 6.30. The maximum absolute atomic E-state index is 12.4. The molecule has 1 heterocycles. The number of nitrogens with zero attached hydrogens (tertiary/aromatic N) is 2. The van der Waals surface area contributed by atoms with E-state index in [0.717, 1.165) is 35.3 Å². The first-order valence-corrected chi connectivity index (χ1v) is 10.0. The molecule has 0 aliphatic carbocycles. The molecule has 0 radical (unpaired) electrons. The number of ether oxygens (including phenoxy) is 1. The lowest BCUT2D eigenvalue weighted by Gasteiger charge is -2.19. The van der Waals surface area contributed by atoms with Gasteiger partial charge in [0.2, 0.25) is 0 Å². The van der Waals surface area contributed by atoms with Crippen LogP contribution >= 0.6 is 0 Å². The smallest absolute Gasteiger partial charge is 0.338 e. The Labute approximate surface area is 167 Å². The quantitative estimate of drug-likeness (QED) is 0.480. The summed E-state index contributed by atoms with van der Waals surface area (Å²) in [6.45, 7) is 8.61. The van der Waals surface area contributed by atoms with E-state index in [1.807, 2.05) is 55.1 Å². The average Bonchev–Trinajstić information content (AvgIpc) is 3.15. The molecule has 4 nitrogen and oxygen atoms in total. The van der Waals surface area contributed by atoms with E-state index in [0.29, 0.717) is 18.1 Å². The van der Waals surface area contributed by atoms with E-state index in [1.165, 1.54) is 5.56 Å². The van der Waals surface area contributed by atoms with Gasteiger partial charge in [-0.25, -0.2) is 9.48 Å². The Balaban J connectivity index is 2.16. The van der Waals surface area contributed by atoms with Gasteiger partial charge in [-0.3, -0.25) is 0 Å². The number of rotatable bonds is 7. The summed E-state index contributed by atoms with van der Waals surface area (Å²) >= 11 is 0. The Morgan fingerprint density at radius 1 is 1.07 bits per heavy atom. The number of benzene rings is 2. The second-order valence-corrected chi connectivity index (χ2v) is 6.95. The Morgan fingerprint density at radius 2 is 1.82 bits per heavy atom. The van der Waals surface area contributed by atoms with E-state index in [9.17, 15) is 4.79 Å². The lowest BCUT2D eigenvalue weighted by Crippen LogP contribution is -2.08. The number of aromatic nitrogens is 2. The molecule has 0 saturated carbocycles. The topological polar surface area (TPSA) is 44.1 Å². The lowest BCUT2D eigenvalue weighted by molar-refractivity contribution is 0.0527. The fourth-order valence-corrected chi connectivity index (χ4v) is 3.65. The average molecular weight is 377 g/mol. The van der Waals surface area contributed by atoms with Crippen molar-refractivity contribution in [1.29, 1.82) is 0 Å². The third kappa shape index (κ3) is 4.01. The summed E-state index contributed by atoms with van der Waals surface area (Å²) in [6.07, 6.45) is 4.14. The monoisotopic (exact) mass is 376 g/mol. The lowest BCUT2D eigenvalue weighted by atomic mass is 9.89. The van der Waals surface area contributed by atoms with Crippen LogP contribution < -0.4 is 0 Å². The molecule has 0 unspecified atom stereocenters. The largest absolute Gasteiger partial charge is 0.462 e. The number of carbonyl (C=O) groups excluding carboxylic acids is 1. The van der Waals surface area contributed by atoms with E-state index >= 15 is 0 Å². The molecule has 0 fully saturated rings. The van der Waals surface area contributed by atoms with Crippen molar-refractivity contribution in [2.45, 2.75) is 46.5 Å². The van der Waals surface area contributed by atoms with Gasteiger partial charge in [0, 0.05) is 6.20 Å². The van der Waals surface area contributed by atoms with E-state index < -0.39 is 0 Å². The van der Waals surface area contributed by atoms with Crippen LogP contribution in [0.4, 0.5) is 0 Å². The van der Waals surface area contributed by atoms with Crippen LogP contribution in [0, 0.1) is 6.92 Å². The van der Waals surface area contributed by atoms with Crippen LogP contribution in [0.5, 0.6) is 0 Å². The Bertz CT molecular complexity index is 955. The van der Waals surface area contributed by atoms with Crippen LogP contribution in [0.1, 0.15) is 61.1 Å². The summed E-state index contributed by atoms with van der Waals surface area (Å²) in [6, 6.07) is 16.0. The molecular weight excluding hydrogens is 348 g/mol. The minimum Gasteiger partial charge on any atom is -0.462 e. The maximum Gasteiger partial charge on any atom is 0.338 e. The van der Waals surface area contributed by atoms with E-state index in [2.05, 4.69) is 37.1 Å². The molecule has 0 atom stereocenters. The summed E-state index contributed by atoms with van der Waals surface area (Å²) in [5.74, 6) is 0.174. The first-order chi connectivity index (χ1) is 13.6. The van der Waals surface area contributed by atoms with Gasteiger partial charge < -0.3 is 4.74 Å². The van der Waals surface area contributed by atoms with Crippen molar-refractivity contribution in [2.75, 3.05) is 6.61 Å². The number of carbonyl (C=O) groups is 1. The van der Waals surface area contributed by atoms with Crippen molar-refractivity contribution in [1.82, 2.24) is 9.78 Å². The summed E-state index contributed by atoms with van der Waals surface area (Å²) in [5, 5.41) is 4.64. The number of hydrogen-bond donors (Lipinski definition) is 0. The highest BCUT2D eigenvalue weighted by Gasteiger charge is 2.18. The SMILES string of the molecule is CCOC(=O)c1ccccc1-c1ccc(C(CC)CC)c(-n2ccc(C)n2)c1. The van der Waals surface area contributed by atoms with Gasteiger partial charge in [0.05, 0.1) is 23.6 Å². The molecule has 0 bridgehead atoms. The normalized spacial score (nSPS) is 11.0. The molecule has 4 heteroatoms. The molecule has 3 rings (SSSR count). The van der Waals surface area contributed by atoms with Crippen LogP contribution in [0.2, 0.25) is 0 Å². The zero-order chi connectivity index (χ0) is 20.1. The van der Waals surface area contributed by atoms with E-state index in [-0.39, 0.29) is 5.97 Å². The van der Waals surface area contributed by atoms with Gasteiger partial charge in [0.15, 0.2) is 0 Å². The Morgan fingerprint density at radius 3 is 2.46 bits per heavy atom. The molecule has 1 aromatic heterocycles. The minimum atomic E-state index is -0.293. The molecule has 0 aliphatic rings. The highest BCUT2D eigenvalue weighted by atomic mass is 16.5. The van der Waals surface area contributed by atoms with Crippen molar-refractivity contribution < 1.29 is 9.53 Å². The molecule has 3 aromatic rings. The number of esters is 1. The molecule has 0 N–H and O–H groups in total. The molecular formula is C24H28N2O2. The molecule has 28 heavy (non-hydrogen) atoms. The summed E-state index contributed by atoms with van der Waals surface area (Å²) in [7, 11) is 0. The van der Waals surface area contributed by atoms with Crippen molar-refractivity contribution in [3.8, 4) is 16.8 Å². The number of hydrogen-bond acceptors (Lipinski definition) is 3. The molecule has 2 aromatic carbocycles. The third-order valence-corrected chi connectivity index (χ3v) is 5.16. The zero-order valence-electron chi connectivity index (χ0n) is 17.1. The molecule has 0 saturated heterocycles. The van der Waals surface area contributed by atoms with Gasteiger partial charge in [-0.15, -0.1) is 0 Å². The standard InChI is InChI=1S/C24H28N2O2/c1-5-18(6-2)21-13-12-19(16-23(21)26-15-14-17(4)25-26)20-10-8-9-11-22(20)24(27)28-7-3/h8-16,18H,5-7H2,1-4H3. The van der Waals surface area contributed by atoms with Gasteiger partial charge in [-0.1, -0.05) is 44.2 Å². The van der Waals surface area contributed by atoms with E-state index in [4.69, 9.17) is 4.74 Å². The molecule has 146 valence electrons. The molecule has 0 aliphatic heterocycles. The van der Waals surface area contributed by atoms with Crippen molar-refractivity contribution in [3.63, 3.8) is 0 Å². The van der Waals surface area contributed by atoms with Gasteiger partial charge in [0.25, 0.3) is 0 Å². The second kappa shape index (κ2) is 8.87.